The lowest BCUT2D eigenvalue weighted by atomic mass is 10.1. The number of rotatable bonds is 14. The largest absolute Gasteiger partial charge is 0.494 e. The molecule has 3 heterocycles. The molecule has 1 N–H and O–H groups in total. The number of hydrogen-bond donors (Lipinski definition) is 1. The molecule has 0 fully saturated rings. The number of benzene rings is 2. The van der Waals surface area contributed by atoms with Crippen LogP contribution < -0.4 is 4.74 Å². The Balaban J connectivity index is 1.20. The van der Waals surface area contributed by atoms with Crippen molar-refractivity contribution in [1.29, 1.82) is 0 Å². The molecule has 8 heteroatoms. The van der Waals surface area contributed by atoms with Gasteiger partial charge in [-0.1, -0.05) is 49.6 Å². The molecule has 0 saturated carbocycles. The quantitative estimate of drug-likeness (QED) is 0.103. The van der Waals surface area contributed by atoms with Crippen LogP contribution in [-0.2, 0) is 22.4 Å². The fourth-order valence-electron chi connectivity index (χ4n) is 5.09. The molecule has 0 aliphatic rings. The Morgan fingerprint density at radius 1 is 0.864 bits per heavy atom. The summed E-state index contributed by atoms with van der Waals surface area (Å²) in [5, 5.41) is 11.1. The van der Waals surface area contributed by atoms with Crippen molar-refractivity contribution in [1.82, 2.24) is 14.4 Å². The van der Waals surface area contributed by atoms with Crippen molar-refractivity contribution in [3.8, 4) is 22.9 Å². The Bertz CT molecular complexity index is 1640. The number of nitrogens with zero attached hydrogens (tertiary/aromatic N) is 3. The summed E-state index contributed by atoms with van der Waals surface area (Å²) in [6.45, 7) is 6.32. The lowest BCUT2D eigenvalue weighted by Crippen LogP contribution is -2.23. The van der Waals surface area contributed by atoms with Gasteiger partial charge in [0.15, 0.2) is 5.65 Å². The van der Waals surface area contributed by atoms with Crippen molar-refractivity contribution in [3.05, 3.63) is 102 Å². The van der Waals surface area contributed by atoms with Gasteiger partial charge in [0.25, 0.3) is 0 Å². The molecule has 0 amide bonds. The van der Waals surface area contributed by atoms with Crippen LogP contribution in [0.15, 0.2) is 83.6 Å². The minimum Gasteiger partial charge on any atom is -0.494 e. The third-order valence-electron chi connectivity index (χ3n) is 7.22. The minimum atomic E-state index is -0.421. The molecular weight excluding hydrogens is 554 g/mol. The van der Waals surface area contributed by atoms with Crippen molar-refractivity contribution in [2.24, 2.45) is 0 Å². The van der Waals surface area contributed by atoms with Crippen molar-refractivity contribution in [2.45, 2.75) is 77.7 Å². The summed E-state index contributed by atoms with van der Waals surface area (Å²) in [7, 11) is 0. The number of imidazole rings is 1. The van der Waals surface area contributed by atoms with Gasteiger partial charge < -0.3 is 19.0 Å². The summed E-state index contributed by atoms with van der Waals surface area (Å²) in [5.41, 5.74) is 4.29. The van der Waals surface area contributed by atoms with Crippen LogP contribution in [0, 0.1) is 0 Å². The van der Waals surface area contributed by atoms with Crippen molar-refractivity contribution < 1.29 is 23.8 Å². The second-order valence-electron chi connectivity index (χ2n) is 12.0. The van der Waals surface area contributed by atoms with Gasteiger partial charge in [0.05, 0.1) is 30.7 Å². The first-order chi connectivity index (χ1) is 21.2. The average Bonchev–Trinajstić information content (AvgIpc) is 3.62. The predicted octanol–water partition coefficient (Wildman–Crippen LogP) is 7.94. The van der Waals surface area contributed by atoms with E-state index < -0.39 is 5.60 Å². The van der Waals surface area contributed by atoms with Gasteiger partial charge in [-0.2, -0.15) is 0 Å². The first kappa shape index (κ1) is 30.9. The first-order valence-electron chi connectivity index (χ1n) is 15.4. The van der Waals surface area contributed by atoms with Crippen LogP contribution in [0.3, 0.4) is 0 Å². The molecule has 44 heavy (non-hydrogen) atoms. The van der Waals surface area contributed by atoms with E-state index in [2.05, 4.69) is 12.1 Å². The van der Waals surface area contributed by atoms with Crippen molar-refractivity contribution in [3.63, 3.8) is 0 Å². The zero-order valence-corrected chi connectivity index (χ0v) is 25.8. The van der Waals surface area contributed by atoms with Gasteiger partial charge in [0, 0.05) is 24.6 Å². The van der Waals surface area contributed by atoms with Gasteiger partial charge in [-0.05, 0) is 75.6 Å². The molecule has 0 aliphatic carbocycles. The highest BCUT2D eigenvalue weighted by Crippen LogP contribution is 2.29. The molecule has 0 bridgehead atoms. The van der Waals surface area contributed by atoms with E-state index in [4.69, 9.17) is 23.9 Å². The minimum absolute atomic E-state index is 0.0826. The number of furan rings is 1. The number of unbranched alkanes of at least 4 members (excludes halogenated alkanes) is 4. The van der Waals surface area contributed by atoms with Gasteiger partial charge >= 0.3 is 5.97 Å². The maximum absolute atomic E-state index is 11.8. The molecule has 0 radical (unpaired) electrons. The number of esters is 1. The fraction of sp³-hybridized carbons (Fsp3) is 0.361. The number of fused-ring (bicyclic) bond motifs is 1. The molecule has 2 aromatic carbocycles. The normalized spacial score (nSPS) is 11.6. The molecule has 0 spiro atoms. The van der Waals surface area contributed by atoms with E-state index in [-0.39, 0.29) is 11.8 Å². The Kier molecular flexibility index (Phi) is 10.00. The molecule has 8 nitrogen and oxygen atoms in total. The van der Waals surface area contributed by atoms with Crippen LogP contribution in [0.2, 0.25) is 0 Å². The molecule has 0 aliphatic heterocycles. The smallest absolute Gasteiger partial charge is 0.306 e. The topological polar surface area (TPSA) is 99.1 Å². The predicted molar refractivity (Wildman–Crippen MR) is 170 cm³/mol. The number of carbonyl (C=O) groups excluding carboxylic acids is 1. The van der Waals surface area contributed by atoms with E-state index >= 15 is 0 Å². The SMILES string of the molecule is CC(C)(C)OC(=O)CCCCCCCOc1ccc(-c2cn3c(O)c(Cc4ccco4)nc3c(Cc3ccccc3)n2)cc1. The Hall–Kier alpha value is -4.59. The number of ether oxygens (including phenoxy) is 2. The number of aromatic hydroxyl groups is 1. The van der Waals surface area contributed by atoms with Crippen LogP contribution in [0.25, 0.3) is 16.9 Å². The second-order valence-corrected chi connectivity index (χ2v) is 12.0. The van der Waals surface area contributed by atoms with Crippen LogP contribution in [0.4, 0.5) is 0 Å². The van der Waals surface area contributed by atoms with E-state index in [1.165, 1.54) is 0 Å². The van der Waals surface area contributed by atoms with Gasteiger partial charge in [0.2, 0.25) is 5.88 Å². The van der Waals surface area contributed by atoms with Crippen LogP contribution in [0.1, 0.15) is 82.0 Å². The van der Waals surface area contributed by atoms with Crippen LogP contribution in [0.5, 0.6) is 11.6 Å². The molecule has 0 saturated heterocycles. The third-order valence-corrected chi connectivity index (χ3v) is 7.22. The van der Waals surface area contributed by atoms with E-state index in [1.807, 2.05) is 81.6 Å². The van der Waals surface area contributed by atoms with E-state index in [1.54, 1.807) is 10.7 Å². The molecule has 3 aromatic heterocycles. The second kappa shape index (κ2) is 14.3. The monoisotopic (exact) mass is 595 g/mol. The summed E-state index contributed by atoms with van der Waals surface area (Å²) in [4.78, 5) is 21.6. The zero-order valence-electron chi connectivity index (χ0n) is 25.8. The molecule has 5 rings (SSSR count). The van der Waals surface area contributed by atoms with Crippen molar-refractivity contribution >= 4 is 11.6 Å². The summed E-state index contributed by atoms with van der Waals surface area (Å²) >= 11 is 0. The van der Waals surface area contributed by atoms with E-state index in [0.29, 0.717) is 37.2 Å². The Morgan fingerprint density at radius 2 is 1.61 bits per heavy atom. The number of carbonyl (C=O) groups is 1. The standard InChI is InChI=1S/C36H41N3O5/c1-36(2,3)44-33(40)16-10-5-4-6-11-21-42-28-19-17-27(18-20-28)32-25-39-34(30(37-32)23-26-13-8-7-9-14-26)38-31(35(39)41)24-29-15-12-22-43-29/h7-9,12-15,17-20,22,25,41H,4-6,10-11,16,21,23-24H2,1-3H3. The lowest BCUT2D eigenvalue weighted by Gasteiger charge is -2.19. The molecule has 5 aromatic rings. The number of hydrogen-bond acceptors (Lipinski definition) is 7. The van der Waals surface area contributed by atoms with Gasteiger partial charge in [-0.25, -0.2) is 9.97 Å². The lowest BCUT2D eigenvalue weighted by molar-refractivity contribution is -0.154. The fourth-order valence-corrected chi connectivity index (χ4v) is 5.09. The van der Waals surface area contributed by atoms with Gasteiger partial charge in [-0.15, -0.1) is 0 Å². The summed E-state index contributed by atoms with van der Waals surface area (Å²) < 4.78 is 18.6. The Labute approximate surface area is 258 Å². The highest BCUT2D eigenvalue weighted by molar-refractivity contribution is 5.69. The molecule has 230 valence electrons. The maximum Gasteiger partial charge on any atom is 0.306 e. The highest BCUT2D eigenvalue weighted by atomic mass is 16.6. The number of aromatic nitrogens is 3. The van der Waals surface area contributed by atoms with Crippen LogP contribution in [-0.4, -0.2) is 37.7 Å². The maximum atomic E-state index is 11.8. The highest BCUT2D eigenvalue weighted by Gasteiger charge is 2.19. The molecule has 0 unspecified atom stereocenters. The Morgan fingerprint density at radius 3 is 2.34 bits per heavy atom. The van der Waals surface area contributed by atoms with Crippen LogP contribution >= 0.6 is 0 Å². The van der Waals surface area contributed by atoms with Crippen molar-refractivity contribution in [2.75, 3.05) is 6.61 Å². The molecule has 0 atom stereocenters. The van der Waals surface area contributed by atoms with Gasteiger partial charge in [0.1, 0.15) is 22.8 Å². The summed E-state index contributed by atoms with van der Waals surface area (Å²) in [6, 6.07) is 21.7. The summed E-state index contributed by atoms with van der Waals surface area (Å²) in [6.07, 6.45) is 9.82. The van der Waals surface area contributed by atoms with E-state index in [0.717, 1.165) is 66.1 Å². The summed E-state index contributed by atoms with van der Waals surface area (Å²) in [5.74, 6) is 1.49. The van der Waals surface area contributed by atoms with Gasteiger partial charge in [-0.3, -0.25) is 9.20 Å². The average molecular weight is 596 g/mol. The molecular formula is C36H41N3O5. The first-order valence-corrected chi connectivity index (χ1v) is 15.4. The zero-order chi connectivity index (χ0) is 30.9. The third kappa shape index (κ3) is 8.49. The van der Waals surface area contributed by atoms with E-state index in [9.17, 15) is 9.90 Å².